The highest BCUT2D eigenvalue weighted by Gasteiger charge is 2.30. The Balaban J connectivity index is 2.15. The predicted molar refractivity (Wildman–Crippen MR) is 109 cm³/mol. The standard InChI is InChI=1S/C22H23NO3S/c1-17-12-14-20(15-13-17)23(18(2)19-8-5-4-6-9-19)27(24,25)22-11-7-10-21(16-22)26-3/h4-16,18H,1-3H3/t18-/m0/s1. The molecule has 0 radical (unpaired) electrons. The van der Waals surface area contributed by atoms with Crippen LogP contribution in [0.15, 0.2) is 83.8 Å². The van der Waals surface area contributed by atoms with Crippen molar-refractivity contribution in [2.45, 2.75) is 24.8 Å². The Bertz CT molecular complexity index is 999. The fourth-order valence-electron chi connectivity index (χ4n) is 3.00. The van der Waals surface area contributed by atoms with Crippen molar-refractivity contribution in [3.8, 4) is 5.75 Å². The van der Waals surface area contributed by atoms with Crippen molar-refractivity contribution in [3.05, 3.63) is 90.0 Å². The Hall–Kier alpha value is -2.79. The molecule has 5 heteroatoms. The monoisotopic (exact) mass is 381 g/mol. The third-order valence-electron chi connectivity index (χ3n) is 4.52. The lowest BCUT2D eigenvalue weighted by Crippen LogP contribution is -2.33. The first-order valence-corrected chi connectivity index (χ1v) is 10.2. The minimum atomic E-state index is -3.79. The van der Waals surface area contributed by atoms with Gasteiger partial charge >= 0.3 is 0 Å². The SMILES string of the molecule is COc1cccc(S(=O)(=O)N(c2ccc(C)cc2)[C@@H](C)c2ccccc2)c1. The second kappa shape index (κ2) is 7.84. The number of benzene rings is 3. The minimum absolute atomic E-state index is 0.199. The maximum atomic E-state index is 13.6. The van der Waals surface area contributed by atoms with Gasteiger partial charge in [-0.25, -0.2) is 8.42 Å². The molecule has 27 heavy (non-hydrogen) atoms. The molecule has 0 aliphatic carbocycles. The van der Waals surface area contributed by atoms with Gasteiger partial charge in [0.25, 0.3) is 10.0 Å². The van der Waals surface area contributed by atoms with E-state index in [1.54, 1.807) is 24.3 Å². The van der Waals surface area contributed by atoms with Gasteiger partial charge in [0.05, 0.1) is 23.7 Å². The van der Waals surface area contributed by atoms with E-state index in [0.29, 0.717) is 11.4 Å². The summed E-state index contributed by atoms with van der Waals surface area (Å²) < 4.78 is 33.8. The van der Waals surface area contributed by atoms with E-state index in [-0.39, 0.29) is 10.9 Å². The lowest BCUT2D eigenvalue weighted by molar-refractivity contribution is 0.413. The maximum Gasteiger partial charge on any atom is 0.265 e. The Morgan fingerprint density at radius 2 is 1.56 bits per heavy atom. The summed E-state index contributed by atoms with van der Waals surface area (Å²) in [5, 5.41) is 0. The number of methoxy groups -OCH3 is 1. The number of anilines is 1. The average molecular weight is 381 g/mol. The van der Waals surface area contributed by atoms with Crippen molar-refractivity contribution in [1.82, 2.24) is 0 Å². The summed E-state index contributed by atoms with van der Waals surface area (Å²) >= 11 is 0. The first-order valence-electron chi connectivity index (χ1n) is 8.73. The summed E-state index contributed by atoms with van der Waals surface area (Å²) in [6.45, 7) is 3.87. The number of rotatable bonds is 6. The molecule has 4 nitrogen and oxygen atoms in total. The van der Waals surface area contributed by atoms with Crippen molar-refractivity contribution >= 4 is 15.7 Å². The zero-order valence-electron chi connectivity index (χ0n) is 15.7. The van der Waals surface area contributed by atoms with Crippen molar-refractivity contribution in [3.63, 3.8) is 0 Å². The average Bonchev–Trinajstić information content (AvgIpc) is 2.70. The summed E-state index contributed by atoms with van der Waals surface area (Å²) in [6.07, 6.45) is 0. The van der Waals surface area contributed by atoms with Gasteiger partial charge in [0.2, 0.25) is 0 Å². The van der Waals surface area contributed by atoms with E-state index >= 15 is 0 Å². The second-order valence-corrected chi connectivity index (χ2v) is 8.22. The number of sulfonamides is 1. The van der Waals surface area contributed by atoms with Crippen molar-refractivity contribution in [1.29, 1.82) is 0 Å². The molecule has 0 saturated carbocycles. The highest BCUT2D eigenvalue weighted by molar-refractivity contribution is 7.92. The number of hydrogen-bond donors (Lipinski definition) is 0. The van der Waals surface area contributed by atoms with Crippen molar-refractivity contribution in [2.24, 2.45) is 0 Å². The van der Waals surface area contributed by atoms with Crippen LogP contribution in [0.3, 0.4) is 0 Å². The van der Waals surface area contributed by atoms with Crippen LogP contribution < -0.4 is 9.04 Å². The minimum Gasteiger partial charge on any atom is -0.497 e. The molecule has 0 fully saturated rings. The van der Waals surface area contributed by atoms with Crippen LogP contribution in [0.4, 0.5) is 5.69 Å². The van der Waals surface area contributed by atoms with E-state index in [1.807, 2.05) is 68.4 Å². The normalized spacial score (nSPS) is 12.4. The van der Waals surface area contributed by atoms with Gasteiger partial charge < -0.3 is 4.74 Å². The lowest BCUT2D eigenvalue weighted by atomic mass is 10.1. The van der Waals surface area contributed by atoms with E-state index < -0.39 is 10.0 Å². The Labute approximate surface area is 161 Å². The first kappa shape index (κ1) is 19.0. The number of hydrogen-bond acceptors (Lipinski definition) is 3. The van der Waals surface area contributed by atoms with Crippen molar-refractivity contribution in [2.75, 3.05) is 11.4 Å². The van der Waals surface area contributed by atoms with E-state index in [4.69, 9.17) is 4.74 Å². The van der Waals surface area contributed by atoms with Gasteiger partial charge in [0.15, 0.2) is 0 Å². The lowest BCUT2D eigenvalue weighted by Gasteiger charge is -2.31. The fourth-order valence-corrected chi connectivity index (χ4v) is 4.68. The molecule has 0 unspecified atom stereocenters. The third-order valence-corrected chi connectivity index (χ3v) is 6.41. The molecule has 140 valence electrons. The molecule has 0 N–H and O–H groups in total. The molecular formula is C22H23NO3S. The highest BCUT2D eigenvalue weighted by Crippen LogP contribution is 2.34. The summed E-state index contributed by atoms with van der Waals surface area (Å²) in [4.78, 5) is 0.199. The zero-order valence-corrected chi connectivity index (χ0v) is 16.5. The Morgan fingerprint density at radius 3 is 2.19 bits per heavy atom. The molecule has 0 amide bonds. The van der Waals surface area contributed by atoms with Crippen LogP contribution in [-0.2, 0) is 10.0 Å². The molecule has 3 rings (SSSR count). The number of nitrogens with zero attached hydrogens (tertiary/aromatic N) is 1. The van der Waals surface area contributed by atoms with E-state index in [2.05, 4.69) is 0 Å². The molecule has 0 spiro atoms. The highest BCUT2D eigenvalue weighted by atomic mass is 32.2. The van der Waals surface area contributed by atoms with Crippen molar-refractivity contribution < 1.29 is 13.2 Å². The zero-order chi connectivity index (χ0) is 19.4. The van der Waals surface area contributed by atoms with Gasteiger partial charge in [-0.2, -0.15) is 0 Å². The molecule has 0 aliphatic heterocycles. The van der Waals surface area contributed by atoms with Gasteiger partial charge in [-0.3, -0.25) is 4.31 Å². The van der Waals surface area contributed by atoms with Gasteiger partial charge in [-0.15, -0.1) is 0 Å². The third kappa shape index (κ3) is 3.98. The number of ether oxygens (including phenoxy) is 1. The van der Waals surface area contributed by atoms with Crippen LogP contribution in [0.5, 0.6) is 5.75 Å². The molecule has 1 atom stereocenters. The molecule has 0 saturated heterocycles. The maximum absolute atomic E-state index is 13.6. The molecule has 0 aliphatic rings. The molecule has 0 aromatic heterocycles. The summed E-state index contributed by atoms with van der Waals surface area (Å²) in [5.41, 5.74) is 2.62. The molecule has 0 heterocycles. The largest absolute Gasteiger partial charge is 0.497 e. The summed E-state index contributed by atoms with van der Waals surface area (Å²) in [5.74, 6) is 0.507. The van der Waals surface area contributed by atoms with E-state index in [9.17, 15) is 8.42 Å². The number of aryl methyl sites for hydroxylation is 1. The molecule has 0 bridgehead atoms. The second-order valence-electron chi connectivity index (χ2n) is 6.40. The van der Waals surface area contributed by atoms with Crippen LogP contribution in [0.1, 0.15) is 24.1 Å². The van der Waals surface area contributed by atoms with Crippen LogP contribution in [0, 0.1) is 6.92 Å². The van der Waals surface area contributed by atoms with Gasteiger partial charge in [0, 0.05) is 6.07 Å². The summed E-state index contributed by atoms with van der Waals surface area (Å²) in [7, 11) is -2.27. The topological polar surface area (TPSA) is 46.6 Å². The predicted octanol–water partition coefficient (Wildman–Crippen LogP) is 4.96. The van der Waals surface area contributed by atoms with E-state index in [0.717, 1.165) is 11.1 Å². The summed E-state index contributed by atoms with van der Waals surface area (Å²) in [6, 6.07) is 23.3. The van der Waals surface area contributed by atoms with Crippen LogP contribution in [-0.4, -0.2) is 15.5 Å². The van der Waals surface area contributed by atoms with Gasteiger partial charge in [0.1, 0.15) is 5.75 Å². The Kier molecular flexibility index (Phi) is 5.51. The van der Waals surface area contributed by atoms with Gasteiger partial charge in [-0.1, -0.05) is 54.1 Å². The molecule has 3 aromatic carbocycles. The smallest absolute Gasteiger partial charge is 0.265 e. The first-order chi connectivity index (χ1) is 12.9. The fraction of sp³-hybridized carbons (Fsp3) is 0.182. The molecular weight excluding hydrogens is 358 g/mol. The Morgan fingerprint density at radius 1 is 0.889 bits per heavy atom. The quantitative estimate of drug-likeness (QED) is 0.606. The van der Waals surface area contributed by atoms with E-state index in [1.165, 1.54) is 11.4 Å². The van der Waals surface area contributed by atoms with Crippen LogP contribution in [0.2, 0.25) is 0 Å². The molecule has 3 aromatic rings. The van der Waals surface area contributed by atoms with Crippen LogP contribution in [0.25, 0.3) is 0 Å². The van der Waals surface area contributed by atoms with Crippen LogP contribution >= 0.6 is 0 Å². The van der Waals surface area contributed by atoms with Gasteiger partial charge in [-0.05, 0) is 43.7 Å².